The molecular weight excluding hydrogens is 222 g/mol. The highest BCUT2D eigenvalue weighted by Crippen LogP contribution is 2.26. The number of hydrogen-bond acceptors (Lipinski definition) is 4. The molecule has 1 rings (SSSR count). The molecule has 0 saturated heterocycles. The molecule has 0 aliphatic heterocycles. The van der Waals surface area contributed by atoms with Crippen molar-refractivity contribution >= 4 is 11.9 Å². The topological polar surface area (TPSA) is 81.7 Å². The summed E-state index contributed by atoms with van der Waals surface area (Å²) in [5, 5.41) is 13.6. The number of aliphatic hydroxyl groups is 1. The Morgan fingerprint density at radius 1 is 1.47 bits per heavy atom. The normalized spacial score (nSPS) is 17.4. The molecule has 17 heavy (non-hydrogen) atoms. The van der Waals surface area contributed by atoms with Crippen LogP contribution in [-0.4, -0.2) is 54.2 Å². The fourth-order valence-electron chi connectivity index (χ4n) is 1.96. The second-order valence-electron chi connectivity index (χ2n) is 4.29. The Hall–Kier alpha value is -1.14. The third-order valence-electron chi connectivity index (χ3n) is 3.24. The van der Waals surface area contributed by atoms with E-state index in [1.165, 1.54) is 7.05 Å². The Bertz CT molecular complexity index is 279. The van der Waals surface area contributed by atoms with Gasteiger partial charge < -0.3 is 10.4 Å². The van der Waals surface area contributed by atoms with Crippen LogP contribution < -0.4 is 10.6 Å². The number of amides is 3. The maximum atomic E-state index is 11.8. The average Bonchev–Trinajstić information content (AvgIpc) is 2.24. The molecule has 0 aromatic heterocycles. The van der Waals surface area contributed by atoms with Gasteiger partial charge in [0.15, 0.2) is 0 Å². The molecule has 1 aliphatic carbocycles. The van der Waals surface area contributed by atoms with Gasteiger partial charge in [0.2, 0.25) is 5.91 Å². The van der Waals surface area contributed by atoms with Gasteiger partial charge >= 0.3 is 6.03 Å². The Morgan fingerprint density at radius 2 is 2.12 bits per heavy atom. The minimum atomic E-state index is -0.501. The van der Waals surface area contributed by atoms with Crippen molar-refractivity contribution in [3.63, 3.8) is 0 Å². The SMILES string of the molecule is CNC(=O)NC(=O)C(C)N(CCO)C1CCC1. The first-order valence-corrected chi connectivity index (χ1v) is 5.99. The summed E-state index contributed by atoms with van der Waals surface area (Å²) in [6.07, 6.45) is 3.27. The first-order valence-electron chi connectivity index (χ1n) is 5.99. The minimum Gasteiger partial charge on any atom is -0.395 e. The lowest BCUT2D eigenvalue weighted by atomic mass is 9.90. The van der Waals surface area contributed by atoms with Crippen LogP contribution >= 0.6 is 0 Å². The maximum absolute atomic E-state index is 11.8. The van der Waals surface area contributed by atoms with Crippen LogP contribution in [0.2, 0.25) is 0 Å². The first kappa shape index (κ1) is 13.9. The van der Waals surface area contributed by atoms with E-state index >= 15 is 0 Å². The Morgan fingerprint density at radius 3 is 2.53 bits per heavy atom. The largest absolute Gasteiger partial charge is 0.395 e. The molecule has 0 spiro atoms. The van der Waals surface area contributed by atoms with Crippen LogP contribution in [-0.2, 0) is 4.79 Å². The predicted octanol–water partition coefficient (Wildman–Crippen LogP) is -0.323. The van der Waals surface area contributed by atoms with Crippen molar-refractivity contribution in [2.45, 2.75) is 38.3 Å². The van der Waals surface area contributed by atoms with Gasteiger partial charge in [0.25, 0.3) is 0 Å². The summed E-state index contributed by atoms with van der Waals surface area (Å²) < 4.78 is 0. The lowest BCUT2D eigenvalue weighted by Gasteiger charge is -2.40. The highest BCUT2D eigenvalue weighted by Gasteiger charge is 2.31. The molecular formula is C11H21N3O3. The summed E-state index contributed by atoms with van der Waals surface area (Å²) in [7, 11) is 1.46. The van der Waals surface area contributed by atoms with Gasteiger partial charge in [0.05, 0.1) is 12.6 Å². The highest BCUT2D eigenvalue weighted by atomic mass is 16.3. The molecule has 1 saturated carbocycles. The van der Waals surface area contributed by atoms with Gasteiger partial charge in [-0.25, -0.2) is 4.79 Å². The summed E-state index contributed by atoms with van der Waals surface area (Å²) in [5.74, 6) is -0.329. The van der Waals surface area contributed by atoms with Crippen LogP contribution in [0.15, 0.2) is 0 Å². The summed E-state index contributed by atoms with van der Waals surface area (Å²) in [5.41, 5.74) is 0. The van der Waals surface area contributed by atoms with Gasteiger partial charge in [-0.05, 0) is 19.8 Å². The molecule has 1 aliphatic rings. The Balaban J connectivity index is 2.53. The zero-order chi connectivity index (χ0) is 12.8. The predicted molar refractivity (Wildman–Crippen MR) is 63.5 cm³/mol. The number of aliphatic hydroxyl groups excluding tert-OH is 1. The molecule has 1 atom stereocenters. The van der Waals surface area contributed by atoms with Crippen LogP contribution in [0, 0.1) is 0 Å². The van der Waals surface area contributed by atoms with Crippen molar-refractivity contribution in [2.24, 2.45) is 0 Å². The summed E-state index contributed by atoms with van der Waals surface area (Å²) in [4.78, 5) is 24.8. The van der Waals surface area contributed by atoms with Crippen LogP contribution in [0.25, 0.3) is 0 Å². The van der Waals surface area contributed by atoms with Crippen molar-refractivity contribution in [1.82, 2.24) is 15.5 Å². The lowest BCUT2D eigenvalue weighted by molar-refractivity contribution is -0.126. The van der Waals surface area contributed by atoms with E-state index in [4.69, 9.17) is 5.11 Å². The van der Waals surface area contributed by atoms with Crippen molar-refractivity contribution < 1.29 is 14.7 Å². The van der Waals surface area contributed by atoms with E-state index in [1.54, 1.807) is 6.92 Å². The van der Waals surface area contributed by atoms with Crippen LogP contribution in [0.1, 0.15) is 26.2 Å². The molecule has 3 N–H and O–H groups in total. The standard InChI is InChI=1S/C11H21N3O3/c1-8(10(16)13-11(17)12-2)14(6-7-15)9-4-3-5-9/h8-9,15H,3-7H2,1-2H3,(H2,12,13,16,17). The molecule has 1 fully saturated rings. The second-order valence-corrected chi connectivity index (χ2v) is 4.29. The minimum absolute atomic E-state index is 0.0219. The van der Waals surface area contributed by atoms with Crippen LogP contribution in [0.3, 0.4) is 0 Å². The second kappa shape index (κ2) is 6.56. The number of carbonyl (C=O) groups is 2. The number of nitrogens with one attached hydrogen (secondary N) is 2. The van der Waals surface area contributed by atoms with Crippen LogP contribution in [0.4, 0.5) is 4.79 Å². The number of carbonyl (C=O) groups excluding carboxylic acids is 2. The number of urea groups is 1. The monoisotopic (exact) mass is 243 g/mol. The van der Waals surface area contributed by atoms with Gasteiger partial charge in [-0.2, -0.15) is 0 Å². The van der Waals surface area contributed by atoms with Gasteiger partial charge in [-0.15, -0.1) is 0 Å². The molecule has 0 bridgehead atoms. The molecule has 6 heteroatoms. The summed E-state index contributed by atoms with van der Waals surface area (Å²) in [6.45, 7) is 2.24. The maximum Gasteiger partial charge on any atom is 0.321 e. The third-order valence-corrected chi connectivity index (χ3v) is 3.24. The lowest BCUT2D eigenvalue weighted by Crippen LogP contribution is -2.54. The summed E-state index contributed by atoms with van der Waals surface area (Å²) in [6, 6.07) is -0.545. The van der Waals surface area contributed by atoms with Crippen molar-refractivity contribution in [2.75, 3.05) is 20.2 Å². The molecule has 0 aromatic carbocycles. The van der Waals surface area contributed by atoms with Gasteiger partial charge in [-0.3, -0.25) is 15.0 Å². The number of hydrogen-bond donors (Lipinski definition) is 3. The Labute approximate surface area is 101 Å². The fourth-order valence-corrected chi connectivity index (χ4v) is 1.96. The summed E-state index contributed by atoms with van der Waals surface area (Å²) >= 11 is 0. The van der Waals surface area contributed by atoms with E-state index in [0.717, 1.165) is 19.3 Å². The number of rotatable bonds is 5. The molecule has 0 heterocycles. The zero-order valence-corrected chi connectivity index (χ0v) is 10.4. The molecule has 3 amide bonds. The van der Waals surface area contributed by atoms with E-state index in [0.29, 0.717) is 12.6 Å². The zero-order valence-electron chi connectivity index (χ0n) is 10.4. The molecule has 6 nitrogen and oxygen atoms in total. The van der Waals surface area contributed by atoms with Crippen molar-refractivity contribution in [3.05, 3.63) is 0 Å². The van der Waals surface area contributed by atoms with Gasteiger partial charge in [-0.1, -0.05) is 6.42 Å². The van der Waals surface area contributed by atoms with E-state index in [2.05, 4.69) is 10.6 Å². The quantitative estimate of drug-likeness (QED) is 0.618. The van der Waals surface area contributed by atoms with E-state index in [9.17, 15) is 9.59 Å². The molecule has 98 valence electrons. The molecule has 0 radical (unpaired) electrons. The third kappa shape index (κ3) is 3.67. The van der Waals surface area contributed by atoms with Crippen molar-refractivity contribution in [3.8, 4) is 0 Å². The van der Waals surface area contributed by atoms with Crippen LogP contribution in [0.5, 0.6) is 0 Å². The van der Waals surface area contributed by atoms with E-state index in [1.807, 2.05) is 4.90 Å². The highest BCUT2D eigenvalue weighted by molar-refractivity contribution is 5.96. The fraction of sp³-hybridized carbons (Fsp3) is 0.818. The Kier molecular flexibility index (Phi) is 5.37. The van der Waals surface area contributed by atoms with Gasteiger partial charge in [0.1, 0.15) is 0 Å². The van der Waals surface area contributed by atoms with Gasteiger partial charge in [0, 0.05) is 19.6 Å². The van der Waals surface area contributed by atoms with Crippen molar-refractivity contribution in [1.29, 1.82) is 0 Å². The molecule has 0 aromatic rings. The van der Waals surface area contributed by atoms with E-state index in [-0.39, 0.29) is 12.5 Å². The smallest absolute Gasteiger partial charge is 0.321 e. The first-order chi connectivity index (χ1) is 8.10. The van der Waals surface area contributed by atoms with E-state index < -0.39 is 12.1 Å². The average molecular weight is 243 g/mol. The number of imide groups is 1. The molecule has 1 unspecified atom stereocenters. The number of nitrogens with zero attached hydrogens (tertiary/aromatic N) is 1.